The lowest BCUT2D eigenvalue weighted by Crippen LogP contribution is -1.89. The first kappa shape index (κ1) is 18.2. The van der Waals surface area contributed by atoms with Gasteiger partial charge in [-0.3, -0.25) is 0 Å². The first-order valence-electron chi connectivity index (χ1n) is 8.40. The molecule has 0 amide bonds. The molecule has 0 rings (SSSR count). The van der Waals surface area contributed by atoms with Crippen LogP contribution in [0.1, 0.15) is 96.8 Å². The molecule has 0 bridgehead atoms. The van der Waals surface area contributed by atoms with Crippen LogP contribution < -0.4 is 0 Å². The smallest absolute Gasteiger partial charge is 0.145 e. The van der Waals surface area contributed by atoms with Crippen molar-refractivity contribution in [1.29, 1.82) is 0 Å². The van der Waals surface area contributed by atoms with E-state index in [-0.39, 0.29) is 0 Å². The molecule has 1 nitrogen and oxygen atoms in total. The lowest BCUT2D eigenvalue weighted by atomic mass is 10.0. The van der Waals surface area contributed by atoms with Crippen molar-refractivity contribution in [2.75, 3.05) is 6.61 Å². The number of hydrogen-bond acceptors (Lipinski definition) is 1. The first-order valence-corrected chi connectivity index (χ1v) is 9.22. The lowest BCUT2D eigenvalue weighted by Gasteiger charge is -2.03. The summed E-state index contributed by atoms with van der Waals surface area (Å²) < 4.78 is 5.19. The van der Waals surface area contributed by atoms with E-state index < -0.39 is 0 Å². The molecule has 0 fully saturated rings. The van der Waals surface area contributed by atoms with Crippen LogP contribution in [0.25, 0.3) is 0 Å². The van der Waals surface area contributed by atoms with Gasteiger partial charge in [-0.1, -0.05) is 90.4 Å². The van der Waals surface area contributed by atoms with Gasteiger partial charge in [-0.15, -0.1) is 0 Å². The maximum Gasteiger partial charge on any atom is 0.145 e. The van der Waals surface area contributed by atoms with E-state index >= 15 is 0 Å². The Morgan fingerprint density at radius 1 is 0.556 bits per heavy atom. The molecule has 0 radical (unpaired) electrons. The van der Waals surface area contributed by atoms with Crippen LogP contribution in [0, 0.1) is 0 Å². The average molecular weight is 273 g/mol. The summed E-state index contributed by atoms with van der Waals surface area (Å²) in [7, 11) is 0.910. The highest BCUT2D eigenvalue weighted by atomic mass is 28.2. The predicted molar refractivity (Wildman–Crippen MR) is 86.2 cm³/mol. The van der Waals surface area contributed by atoms with E-state index in [0.717, 1.165) is 17.1 Å². The van der Waals surface area contributed by atoms with Gasteiger partial charge in [0.2, 0.25) is 0 Å². The molecule has 0 heterocycles. The molecule has 0 aromatic heterocycles. The summed E-state index contributed by atoms with van der Waals surface area (Å²) >= 11 is 0. The second-order valence-corrected chi connectivity index (χ2v) is 6.17. The number of hydrogen-bond donors (Lipinski definition) is 0. The Labute approximate surface area is 119 Å². The molecule has 0 atom stereocenters. The molecule has 110 valence electrons. The Balaban J connectivity index is 2.86. The fourth-order valence-corrected chi connectivity index (χ4v) is 2.73. The van der Waals surface area contributed by atoms with Crippen LogP contribution in [0.2, 0.25) is 0 Å². The first-order chi connectivity index (χ1) is 8.91. The Bertz CT molecular complexity index is 123. The minimum absolute atomic E-state index is 0.910. The summed E-state index contributed by atoms with van der Waals surface area (Å²) in [5.74, 6) is 0. The van der Waals surface area contributed by atoms with E-state index in [1.807, 2.05) is 0 Å². The zero-order valence-corrected chi connectivity index (χ0v) is 15.0. The average Bonchev–Trinajstić information content (AvgIpc) is 2.39. The summed E-state index contributed by atoms with van der Waals surface area (Å²) in [6.45, 7) is 3.29. The SMILES string of the molecule is CCCCCCCCCCCCCCCCO[SiH3]. The molecule has 0 aromatic carbocycles. The van der Waals surface area contributed by atoms with Crippen LogP contribution in [-0.2, 0) is 4.43 Å². The molecular weight excluding hydrogens is 236 g/mol. The van der Waals surface area contributed by atoms with Gasteiger partial charge in [0, 0.05) is 6.61 Å². The highest BCUT2D eigenvalue weighted by molar-refractivity contribution is 5.97. The standard InChI is InChI=1S/C16H36OSi/c1-2-3-4-5-6-7-8-9-10-11-12-13-14-15-16-17-18/h2-16H2,1,18H3. The van der Waals surface area contributed by atoms with Gasteiger partial charge in [-0.05, 0) is 6.42 Å². The molecule has 18 heavy (non-hydrogen) atoms. The van der Waals surface area contributed by atoms with Crippen LogP contribution in [-0.4, -0.2) is 17.1 Å². The van der Waals surface area contributed by atoms with Gasteiger partial charge in [0.25, 0.3) is 0 Å². The summed E-state index contributed by atoms with van der Waals surface area (Å²) in [6, 6.07) is 0. The molecule has 0 aliphatic heterocycles. The molecule has 0 aliphatic rings. The Hall–Kier alpha value is 0.177. The van der Waals surface area contributed by atoms with Gasteiger partial charge in [0.1, 0.15) is 10.5 Å². The highest BCUT2D eigenvalue weighted by Gasteiger charge is 1.93. The van der Waals surface area contributed by atoms with E-state index in [1.54, 1.807) is 0 Å². The highest BCUT2D eigenvalue weighted by Crippen LogP contribution is 2.12. The molecule has 0 aliphatic carbocycles. The lowest BCUT2D eigenvalue weighted by molar-refractivity contribution is 0.332. The van der Waals surface area contributed by atoms with Gasteiger partial charge in [-0.25, -0.2) is 0 Å². The number of rotatable bonds is 15. The maximum absolute atomic E-state index is 5.19. The minimum Gasteiger partial charge on any atom is -0.428 e. The van der Waals surface area contributed by atoms with Crippen molar-refractivity contribution in [1.82, 2.24) is 0 Å². The van der Waals surface area contributed by atoms with Gasteiger partial charge < -0.3 is 4.43 Å². The van der Waals surface area contributed by atoms with Crippen molar-refractivity contribution >= 4 is 10.5 Å². The van der Waals surface area contributed by atoms with Crippen LogP contribution in [0.4, 0.5) is 0 Å². The Morgan fingerprint density at radius 3 is 1.22 bits per heavy atom. The topological polar surface area (TPSA) is 9.23 Å². The van der Waals surface area contributed by atoms with Gasteiger partial charge in [0.05, 0.1) is 0 Å². The van der Waals surface area contributed by atoms with Crippen molar-refractivity contribution in [3.8, 4) is 0 Å². The monoisotopic (exact) mass is 272 g/mol. The summed E-state index contributed by atoms with van der Waals surface area (Å²) in [4.78, 5) is 0. The van der Waals surface area contributed by atoms with Gasteiger partial charge in [0.15, 0.2) is 0 Å². The van der Waals surface area contributed by atoms with E-state index in [9.17, 15) is 0 Å². The molecule has 0 aromatic rings. The molecule has 0 saturated heterocycles. The van der Waals surface area contributed by atoms with Crippen LogP contribution in [0.15, 0.2) is 0 Å². The van der Waals surface area contributed by atoms with E-state index in [0.29, 0.717) is 0 Å². The Kier molecular flexibility index (Phi) is 17.3. The van der Waals surface area contributed by atoms with Crippen molar-refractivity contribution in [3.05, 3.63) is 0 Å². The molecule has 2 heteroatoms. The normalized spacial score (nSPS) is 11.2. The van der Waals surface area contributed by atoms with Gasteiger partial charge >= 0.3 is 0 Å². The summed E-state index contributed by atoms with van der Waals surface area (Å²) in [5, 5.41) is 0. The third kappa shape index (κ3) is 16.2. The molecule has 0 unspecified atom stereocenters. The zero-order chi connectivity index (χ0) is 13.3. The van der Waals surface area contributed by atoms with Crippen LogP contribution >= 0.6 is 0 Å². The fraction of sp³-hybridized carbons (Fsp3) is 1.00. The van der Waals surface area contributed by atoms with Crippen LogP contribution in [0.3, 0.4) is 0 Å². The minimum atomic E-state index is 0.910. The zero-order valence-electron chi connectivity index (χ0n) is 13.0. The van der Waals surface area contributed by atoms with Crippen molar-refractivity contribution in [2.24, 2.45) is 0 Å². The van der Waals surface area contributed by atoms with Crippen molar-refractivity contribution < 1.29 is 4.43 Å². The van der Waals surface area contributed by atoms with Gasteiger partial charge in [-0.2, -0.15) is 0 Å². The molecule has 0 N–H and O–H groups in total. The molecular formula is C16H36OSi. The van der Waals surface area contributed by atoms with Crippen molar-refractivity contribution in [2.45, 2.75) is 96.8 Å². The second-order valence-electron chi connectivity index (χ2n) is 5.59. The fourth-order valence-electron chi connectivity index (χ4n) is 2.44. The second kappa shape index (κ2) is 17.2. The predicted octanol–water partition coefficient (Wildman–Crippen LogP) is 4.76. The van der Waals surface area contributed by atoms with E-state index in [1.165, 1.54) is 89.9 Å². The molecule has 0 spiro atoms. The third-order valence-electron chi connectivity index (χ3n) is 3.70. The Morgan fingerprint density at radius 2 is 0.889 bits per heavy atom. The maximum atomic E-state index is 5.19. The van der Waals surface area contributed by atoms with E-state index in [2.05, 4.69) is 6.92 Å². The largest absolute Gasteiger partial charge is 0.428 e. The number of unbranched alkanes of at least 4 members (excludes halogenated alkanes) is 13. The summed E-state index contributed by atoms with van der Waals surface area (Å²) in [5.41, 5.74) is 0. The molecule has 0 saturated carbocycles. The third-order valence-corrected chi connectivity index (χ3v) is 4.11. The summed E-state index contributed by atoms with van der Waals surface area (Å²) in [6.07, 6.45) is 20.1. The van der Waals surface area contributed by atoms with Crippen molar-refractivity contribution in [3.63, 3.8) is 0 Å². The van der Waals surface area contributed by atoms with Crippen LogP contribution in [0.5, 0.6) is 0 Å². The quantitative estimate of drug-likeness (QED) is 0.308. The van der Waals surface area contributed by atoms with E-state index in [4.69, 9.17) is 4.43 Å².